The van der Waals surface area contributed by atoms with Gasteiger partial charge in [0.2, 0.25) is 0 Å². The van der Waals surface area contributed by atoms with Crippen LogP contribution in [0.3, 0.4) is 0 Å². The van der Waals surface area contributed by atoms with E-state index in [0.29, 0.717) is 15.8 Å². The zero-order valence-corrected chi connectivity index (χ0v) is 19.0. The molecule has 2 nitrogen and oxygen atoms in total. The molecule has 4 aromatic rings. The summed E-state index contributed by atoms with van der Waals surface area (Å²) in [5.41, 5.74) is 2.72. The maximum atomic E-state index is 13.4. The van der Waals surface area contributed by atoms with Gasteiger partial charge >= 0.3 is 0 Å². The Balaban J connectivity index is 1.68. The lowest BCUT2D eigenvalue weighted by atomic mass is 10.1. The van der Waals surface area contributed by atoms with Gasteiger partial charge in [0.1, 0.15) is 23.2 Å². The number of benzene rings is 3. The monoisotopic (exact) mass is 475 g/mol. The molecule has 0 saturated heterocycles. The van der Waals surface area contributed by atoms with Crippen molar-refractivity contribution in [1.82, 2.24) is 4.98 Å². The van der Waals surface area contributed by atoms with Gasteiger partial charge in [-0.2, -0.15) is 0 Å². The minimum atomic E-state index is -0.277. The van der Waals surface area contributed by atoms with Crippen LogP contribution in [0.25, 0.3) is 21.7 Å². The van der Waals surface area contributed by atoms with Crippen molar-refractivity contribution in [3.8, 4) is 27.4 Å². The third-order valence-electron chi connectivity index (χ3n) is 4.34. The lowest BCUT2D eigenvalue weighted by Gasteiger charge is -2.05. The second-order valence-corrected chi connectivity index (χ2v) is 9.25. The van der Waals surface area contributed by atoms with Gasteiger partial charge < -0.3 is 4.74 Å². The topological polar surface area (TPSA) is 22.1 Å². The summed E-state index contributed by atoms with van der Waals surface area (Å²) in [6.07, 6.45) is 2.04. The number of thiazole rings is 1. The van der Waals surface area contributed by atoms with Gasteiger partial charge in [-0.1, -0.05) is 35.3 Å². The van der Waals surface area contributed by atoms with Crippen LogP contribution in [0, 0.1) is 5.82 Å². The largest absolute Gasteiger partial charge is 0.486 e. The van der Waals surface area contributed by atoms with Gasteiger partial charge in [0.25, 0.3) is 0 Å². The van der Waals surface area contributed by atoms with Crippen LogP contribution in [-0.2, 0) is 6.61 Å². The summed E-state index contributed by atoms with van der Waals surface area (Å²) in [7, 11) is 0. The lowest BCUT2D eigenvalue weighted by molar-refractivity contribution is 0.305. The number of hydrogen-bond acceptors (Lipinski definition) is 4. The van der Waals surface area contributed by atoms with Crippen LogP contribution in [-0.4, -0.2) is 11.2 Å². The SMILES string of the molecule is CSc1ccc(-c2sc(COc3cc(Cl)cc(Cl)c3)nc2-c2ccc(F)cc2)cc1. The Morgan fingerprint density at radius 1 is 0.933 bits per heavy atom. The van der Waals surface area contributed by atoms with Crippen LogP contribution < -0.4 is 4.74 Å². The quantitative estimate of drug-likeness (QED) is 0.262. The molecule has 0 unspecified atom stereocenters. The summed E-state index contributed by atoms with van der Waals surface area (Å²) >= 11 is 15.3. The predicted octanol–water partition coefficient (Wildman–Crippen LogP) is 8.22. The minimum absolute atomic E-state index is 0.276. The van der Waals surface area contributed by atoms with E-state index in [1.807, 2.05) is 6.26 Å². The van der Waals surface area contributed by atoms with Crippen LogP contribution in [0.2, 0.25) is 10.0 Å². The van der Waals surface area contributed by atoms with E-state index >= 15 is 0 Å². The van der Waals surface area contributed by atoms with Crippen molar-refractivity contribution in [1.29, 1.82) is 0 Å². The van der Waals surface area contributed by atoms with E-state index in [2.05, 4.69) is 24.3 Å². The molecule has 1 heterocycles. The van der Waals surface area contributed by atoms with E-state index in [1.165, 1.54) is 17.0 Å². The van der Waals surface area contributed by atoms with Crippen LogP contribution in [0.5, 0.6) is 5.75 Å². The smallest absolute Gasteiger partial charge is 0.140 e. The van der Waals surface area contributed by atoms with Crippen molar-refractivity contribution in [2.75, 3.05) is 6.26 Å². The Morgan fingerprint density at radius 3 is 2.20 bits per heavy atom. The molecule has 0 aliphatic rings. The minimum Gasteiger partial charge on any atom is -0.486 e. The number of rotatable bonds is 6. The lowest BCUT2D eigenvalue weighted by Crippen LogP contribution is -1.95. The molecule has 152 valence electrons. The molecule has 0 saturated carbocycles. The molecule has 30 heavy (non-hydrogen) atoms. The molecule has 1 aromatic heterocycles. The van der Waals surface area contributed by atoms with Crippen LogP contribution >= 0.6 is 46.3 Å². The Labute approximate surface area is 192 Å². The Hall–Kier alpha value is -2.05. The normalized spacial score (nSPS) is 10.9. The van der Waals surface area contributed by atoms with Crippen molar-refractivity contribution in [3.63, 3.8) is 0 Å². The van der Waals surface area contributed by atoms with E-state index in [-0.39, 0.29) is 12.4 Å². The number of aromatic nitrogens is 1. The third-order valence-corrected chi connectivity index (χ3v) is 6.60. The molecule has 0 fully saturated rings. The second kappa shape index (κ2) is 9.40. The first-order chi connectivity index (χ1) is 14.5. The molecule has 3 aromatic carbocycles. The van der Waals surface area contributed by atoms with Crippen LogP contribution in [0.1, 0.15) is 5.01 Å². The molecular weight excluding hydrogens is 460 g/mol. The molecule has 0 radical (unpaired) electrons. The van der Waals surface area contributed by atoms with Gasteiger partial charge in [0.05, 0.1) is 10.6 Å². The standard InChI is InChI=1S/C23H16Cl2FNOS2/c1-29-20-8-4-15(5-9-20)23-22(14-2-6-18(26)7-3-14)27-21(30-23)13-28-19-11-16(24)10-17(25)12-19/h2-12H,13H2,1H3. The fourth-order valence-corrected chi connectivity index (χ4v) is 4.84. The van der Waals surface area contributed by atoms with Crippen molar-refractivity contribution < 1.29 is 9.13 Å². The first-order valence-corrected chi connectivity index (χ1v) is 11.8. The molecule has 0 aliphatic heterocycles. The van der Waals surface area contributed by atoms with Gasteiger partial charge in [0.15, 0.2) is 0 Å². The highest BCUT2D eigenvalue weighted by Gasteiger charge is 2.16. The third kappa shape index (κ3) is 4.98. The van der Waals surface area contributed by atoms with Crippen molar-refractivity contribution in [2.24, 2.45) is 0 Å². The number of thioether (sulfide) groups is 1. The first-order valence-electron chi connectivity index (χ1n) is 9.01. The molecule has 0 bridgehead atoms. The summed E-state index contributed by atoms with van der Waals surface area (Å²) in [4.78, 5) is 6.99. The Bertz CT molecular complexity index is 1140. The fraction of sp³-hybridized carbons (Fsp3) is 0.0870. The molecule has 0 aliphatic carbocycles. The first kappa shape index (κ1) is 21.2. The molecular formula is C23H16Cl2FNOS2. The highest BCUT2D eigenvalue weighted by molar-refractivity contribution is 7.98. The average Bonchev–Trinajstić information content (AvgIpc) is 3.16. The molecule has 0 atom stereocenters. The highest BCUT2D eigenvalue weighted by Crippen LogP contribution is 2.38. The zero-order valence-electron chi connectivity index (χ0n) is 15.9. The summed E-state index contributed by atoms with van der Waals surface area (Å²) in [5, 5.41) is 1.82. The number of halogens is 3. The highest BCUT2D eigenvalue weighted by atomic mass is 35.5. The molecule has 4 rings (SSSR count). The van der Waals surface area contributed by atoms with E-state index in [9.17, 15) is 4.39 Å². The van der Waals surface area contributed by atoms with E-state index < -0.39 is 0 Å². The van der Waals surface area contributed by atoms with E-state index in [0.717, 1.165) is 26.7 Å². The summed E-state index contributed by atoms with van der Waals surface area (Å²) in [5.74, 6) is 0.304. The molecule has 0 spiro atoms. The number of hydrogen-bond donors (Lipinski definition) is 0. The van der Waals surface area contributed by atoms with Gasteiger partial charge in [0, 0.05) is 20.5 Å². The van der Waals surface area contributed by atoms with Gasteiger partial charge in [-0.25, -0.2) is 9.37 Å². The molecule has 0 N–H and O–H groups in total. The van der Waals surface area contributed by atoms with Crippen molar-refractivity contribution in [2.45, 2.75) is 11.5 Å². The number of ether oxygens (including phenoxy) is 1. The summed E-state index contributed by atoms with van der Waals surface area (Å²) in [6, 6.07) is 19.8. The van der Waals surface area contributed by atoms with E-state index in [1.54, 1.807) is 53.4 Å². The number of nitrogens with zero attached hydrogens (tertiary/aromatic N) is 1. The summed E-state index contributed by atoms with van der Waals surface area (Å²) < 4.78 is 19.3. The average molecular weight is 476 g/mol. The van der Waals surface area contributed by atoms with E-state index in [4.69, 9.17) is 32.9 Å². The van der Waals surface area contributed by atoms with Crippen molar-refractivity contribution >= 4 is 46.3 Å². The Kier molecular flexibility index (Phi) is 6.64. The maximum Gasteiger partial charge on any atom is 0.140 e. The fourth-order valence-electron chi connectivity index (χ4n) is 2.92. The van der Waals surface area contributed by atoms with Crippen LogP contribution in [0.4, 0.5) is 4.39 Å². The Morgan fingerprint density at radius 2 is 1.57 bits per heavy atom. The van der Waals surface area contributed by atoms with Gasteiger partial charge in [-0.05, 0) is 66.4 Å². The van der Waals surface area contributed by atoms with Gasteiger partial charge in [-0.15, -0.1) is 23.1 Å². The zero-order chi connectivity index (χ0) is 21.1. The predicted molar refractivity (Wildman–Crippen MR) is 126 cm³/mol. The molecule has 0 amide bonds. The van der Waals surface area contributed by atoms with Gasteiger partial charge in [-0.3, -0.25) is 0 Å². The maximum absolute atomic E-state index is 13.4. The summed E-state index contributed by atoms with van der Waals surface area (Å²) in [6.45, 7) is 0.276. The van der Waals surface area contributed by atoms with Crippen molar-refractivity contribution in [3.05, 3.63) is 87.6 Å². The molecule has 7 heteroatoms. The van der Waals surface area contributed by atoms with Crippen LogP contribution in [0.15, 0.2) is 71.6 Å². The second-order valence-electron chi connectivity index (χ2n) is 6.41.